The molecule has 0 spiro atoms. The highest BCUT2D eigenvalue weighted by Gasteiger charge is 2.34. The van der Waals surface area contributed by atoms with E-state index in [1.807, 2.05) is 17.9 Å². The van der Waals surface area contributed by atoms with Crippen LogP contribution in [0.1, 0.15) is 36.2 Å². The van der Waals surface area contributed by atoms with Crippen molar-refractivity contribution in [1.82, 2.24) is 0 Å². The van der Waals surface area contributed by atoms with Crippen molar-refractivity contribution in [3.05, 3.63) is 29.3 Å². The van der Waals surface area contributed by atoms with E-state index < -0.39 is 0 Å². The molecule has 0 aliphatic carbocycles. The molecule has 21 heavy (non-hydrogen) atoms. The summed E-state index contributed by atoms with van der Waals surface area (Å²) in [7, 11) is 1.37. The van der Waals surface area contributed by atoms with Gasteiger partial charge in [0.05, 0.1) is 23.8 Å². The molecule has 1 aliphatic rings. The summed E-state index contributed by atoms with van der Waals surface area (Å²) in [4.78, 5) is 25.6. The van der Waals surface area contributed by atoms with Crippen LogP contribution in [0.25, 0.3) is 0 Å². The van der Waals surface area contributed by atoms with Crippen molar-refractivity contribution in [1.29, 1.82) is 0 Å². The number of carbonyl (C=O) groups excluding carboxylic acids is 2. The zero-order valence-corrected chi connectivity index (χ0v) is 13.7. The third kappa shape index (κ3) is 3.40. The van der Waals surface area contributed by atoms with E-state index in [1.165, 1.54) is 7.11 Å². The summed E-state index contributed by atoms with van der Waals surface area (Å²) in [5, 5.41) is 0.181. The Bertz CT molecular complexity index is 556. The van der Waals surface area contributed by atoms with E-state index in [1.54, 1.807) is 23.9 Å². The van der Waals surface area contributed by atoms with Crippen molar-refractivity contribution in [3.8, 4) is 0 Å². The highest BCUT2D eigenvalue weighted by Crippen LogP contribution is 2.36. The van der Waals surface area contributed by atoms with Crippen LogP contribution >= 0.6 is 11.8 Å². The molecule has 0 aromatic heterocycles. The summed E-state index contributed by atoms with van der Waals surface area (Å²) < 4.78 is 4.73. The zero-order chi connectivity index (χ0) is 15.6. The molecule has 4 nitrogen and oxygen atoms in total. The monoisotopic (exact) mass is 307 g/mol. The predicted molar refractivity (Wildman–Crippen MR) is 85.7 cm³/mol. The second-order valence-corrected chi connectivity index (χ2v) is 6.82. The molecule has 1 amide bonds. The number of benzene rings is 1. The highest BCUT2D eigenvalue weighted by atomic mass is 32.2. The molecule has 0 bridgehead atoms. The van der Waals surface area contributed by atoms with Crippen LogP contribution in [0.2, 0.25) is 0 Å². The van der Waals surface area contributed by atoms with Gasteiger partial charge in [-0.3, -0.25) is 9.69 Å². The fourth-order valence-corrected chi connectivity index (χ4v) is 3.88. The molecule has 1 fully saturated rings. The third-order valence-corrected chi connectivity index (χ3v) is 4.71. The maximum absolute atomic E-state index is 12.2. The molecule has 1 atom stereocenters. The van der Waals surface area contributed by atoms with E-state index in [2.05, 4.69) is 13.8 Å². The van der Waals surface area contributed by atoms with Crippen LogP contribution in [-0.2, 0) is 9.53 Å². The number of ether oxygens (including phenoxy) is 1. The van der Waals surface area contributed by atoms with Gasteiger partial charge in [-0.25, -0.2) is 4.79 Å². The smallest absolute Gasteiger partial charge is 0.337 e. The first-order chi connectivity index (χ1) is 9.93. The number of amides is 1. The SMILES string of the molecule is COC(=O)c1ccc(N2C(=O)CSC2CC(C)C)c(C)c1. The summed E-state index contributed by atoms with van der Waals surface area (Å²) in [6.07, 6.45) is 0.967. The van der Waals surface area contributed by atoms with E-state index >= 15 is 0 Å². The molecule has 1 aromatic rings. The molecule has 5 heteroatoms. The molecule has 114 valence electrons. The molecule has 0 radical (unpaired) electrons. The number of rotatable bonds is 4. The minimum atomic E-state index is -0.356. The first-order valence-electron chi connectivity index (χ1n) is 7.06. The van der Waals surface area contributed by atoms with E-state index in [0.29, 0.717) is 17.2 Å². The Hall–Kier alpha value is -1.49. The van der Waals surface area contributed by atoms with Gasteiger partial charge in [0.15, 0.2) is 0 Å². The van der Waals surface area contributed by atoms with Crippen molar-refractivity contribution in [2.45, 2.75) is 32.6 Å². The fraction of sp³-hybridized carbons (Fsp3) is 0.500. The lowest BCUT2D eigenvalue weighted by atomic mass is 10.1. The highest BCUT2D eigenvalue weighted by molar-refractivity contribution is 8.01. The average molecular weight is 307 g/mol. The summed E-state index contributed by atoms with van der Waals surface area (Å²) in [6.45, 7) is 6.24. The van der Waals surface area contributed by atoms with Crippen molar-refractivity contribution >= 4 is 29.3 Å². The van der Waals surface area contributed by atoms with Crippen LogP contribution in [0.5, 0.6) is 0 Å². The molecule has 2 rings (SSSR count). The number of hydrogen-bond acceptors (Lipinski definition) is 4. The Balaban J connectivity index is 2.31. The van der Waals surface area contributed by atoms with Crippen molar-refractivity contribution in [2.24, 2.45) is 5.92 Å². The topological polar surface area (TPSA) is 46.6 Å². The Morgan fingerprint density at radius 1 is 1.48 bits per heavy atom. The van der Waals surface area contributed by atoms with Gasteiger partial charge in [0.25, 0.3) is 0 Å². The van der Waals surface area contributed by atoms with Crippen LogP contribution in [0, 0.1) is 12.8 Å². The van der Waals surface area contributed by atoms with Gasteiger partial charge in [0, 0.05) is 5.69 Å². The standard InChI is InChI=1S/C16H21NO3S/c1-10(2)7-15-17(14(18)9-21-15)13-6-5-12(8-11(13)3)16(19)20-4/h5-6,8,10,15H,7,9H2,1-4H3. The maximum Gasteiger partial charge on any atom is 0.337 e. The van der Waals surface area contributed by atoms with E-state index in [-0.39, 0.29) is 17.3 Å². The van der Waals surface area contributed by atoms with Gasteiger partial charge in [-0.2, -0.15) is 0 Å². The number of aryl methyl sites for hydroxylation is 1. The lowest BCUT2D eigenvalue weighted by Crippen LogP contribution is -2.34. The van der Waals surface area contributed by atoms with Crippen LogP contribution in [0.15, 0.2) is 18.2 Å². The lowest BCUT2D eigenvalue weighted by Gasteiger charge is -2.27. The number of thioether (sulfide) groups is 1. The average Bonchev–Trinajstić information content (AvgIpc) is 2.78. The van der Waals surface area contributed by atoms with Gasteiger partial charge in [-0.05, 0) is 43.0 Å². The summed E-state index contributed by atoms with van der Waals surface area (Å²) in [5.74, 6) is 0.839. The van der Waals surface area contributed by atoms with Crippen LogP contribution in [0.3, 0.4) is 0 Å². The van der Waals surface area contributed by atoms with Gasteiger partial charge in [-0.1, -0.05) is 13.8 Å². The van der Waals surface area contributed by atoms with Crippen molar-refractivity contribution < 1.29 is 14.3 Å². The quantitative estimate of drug-likeness (QED) is 0.801. The van der Waals surface area contributed by atoms with Gasteiger partial charge in [0.1, 0.15) is 0 Å². The molecule has 1 aliphatic heterocycles. The van der Waals surface area contributed by atoms with Crippen LogP contribution < -0.4 is 4.90 Å². The third-order valence-electron chi connectivity index (χ3n) is 3.51. The lowest BCUT2D eigenvalue weighted by molar-refractivity contribution is -0.115. The normalized spacial score (nSPS) is 18.4. The Labute approximate surface area is 129 Å². The summed E-state index contributed by atoms with van der Waals surface area (Å²) >= 11 is 1.69. The van der Waals surface area contributed by atoms with E-state index in [0.717, 1.165) is 17.7 Å². The Kier molecular flexibility index (Phi) is 4.93. The number of anilines is 1. The molecular formula is C16H21NO3S. The second kappa shape index (κ2) is 6.52. The number of esters is 1. The number of carbonyl (C=O) groups is 2. The van der Waals surface area contributed by atoms with Crippen LogP contribution in [0.4, 0.5) is 5.69 Å². The Morgan fingerprint density at radius 2 is 2.19 bits per heavy atom. The summed E-state index contributed by atoms with van der Waals surface area (Å²) in [6, 6.07) is 5.35. The zero-order valence-electron chi connectivity index (χ0n) is 12.9. The number of hydrogen-bond donors (Lipinski definition) is 0. The molecule has 1 saturated heterocycles. The van der Waals surface area contributed by atoms with Crippen molar-refractivity contribution in [3.63, 3.8) is 0 Å². The fourth-order valence-electron chi connectivity index (χ4n) is 2.51. The molecule has 0 N–H and O–H groups in total. The minimum absolute atomic E-state index is 0.138. The Morgan fingerprint density at radius 3 is 2.76 bits per heavy atom. The van der Waals surface area contributed by atoms with Gasteiger partial charge >= 0.3 is 5.97 Å². The predicted octanol–water partition coefficient (Wildman–Crippen LogP) is 3.23. The first-order valence-corrected chi connectivity index (χ1v) is 8.11. The molecule has 1 heterocycles. The van der Waals surface area contributed by atoms with Crippen LogP contribution in [-0.4, -0.2) is 30.1 Å². The van der Waals surface area contributed by atoms with E-state index in [4.69, 9.17) is 4.74 Å². The van der Waals surface area contributed by atoms with Gasteiger partial charge in [-0.15, -0.1) is 11.8 Å². The van der Waals surface area contributed by atoms with E-state index in [9.17, 15) is 9.59 Å². The number of nitrogens with zero attached hydrogens (tertiary/aromatic N) is 1. The van der Waals surface area contributed by atoms with Crippen molar-refractivity contribution in [2.75, 3.05) is 17.8 Å². The molecular weight excluding hydrogens is 286 g/mol. The molecule has 1 unspecified atom stereocenters. The number of methoxy groups -OCH3 is 1. The van der Waals surface area contributed by atoms with Gasteiger partial charge in [0.2, 0.25) is 5.91 Å². The first kappa shape index (κ1) is 15.9. The largest absolute Gasteiger partial charge is 0.465 e. The maximum atomic E-state index is 12.2. The van der Waals surface area contributed by atoms with Gasteiger partial charge < -0.3 is 4.74 Å². The minimum Gasteiger partial charge on any atom is -0.465 e. The summed E-state index contributed by atoms with van der Waals surface area (Å²) in [5.41, 5.74) is 2.32. The second-order valence-electron chi connectivity index (χ2n) is 5.65. The molecule has 0 saturated carbocycles. The molecule has 1 aromatic carbocycles.